The maximum Gasteiger partial charge on any atom is 0.268 e. The number of fused-ring (bicyclic) bond motifs is 1. The number of benzene rings is 3. The summed E-state index contributed by atoms with van der Waals surface area (Å²) in [6.07, 6.45) is 5.86. The van der Waals surface area contributed by atoms with Gasteiger partial charge in [0.05, 0.1) is 25.0 Å². The summed E-state index contributed by atoms with van der Waals surface area (Å²) < 4.78 is 62.0. The largest absolute Gasteiger partial charge is 0.475 e. The number of hydrogen-bond acceptors (Lipinski definition) is 11. The van der Waals surface area contributed by atoms with E-state index in [1.54, 1.807) is 24.4 Å². The fourth-order valence-electron chi connectivity index (χ4n) is 8.23. The number of morpholine rings is 1. The van der Waals surface area contributed by atoms with E-state index in [1.807, 2.05) is 18.2 Å². The molecule has 2 fully saturated rings. The number of nitrogens with zero attached hydrogens (tertiary/aromatic N) is 5. The number of nitrogens with one attached hydrogen (secondary N) is 2. The number of anilines is 1. The highest BCUT2D eigenvalue weighted by molar-refractivity contribution is 7.90. The van der Waals surface area contributed by atoms with Gasteiger partial charge >= 0.3 is 0 Å². The Labute approximate surface area is 366 Å². The van der Waals surface area contributed by atoms with Crippen LogP contribution in [0.4, 0.5) is 10.1 Å². The lowest BCUT2D eigenvalue weighted by Crippen LogP contribution is -2.47. The third-order valence-electron chi connectivity index (χ3n) is 11.8. The molecule has 0 unspecified atom stereocenters. The molecule has 1 aliphatic carbocycles. The lowest BCUT2D eigenvalue weighted by atomic mass is 9.72. The van der Waals surface area contributed by atoms with E-state index in [4.69, 9.17) is 25.8 Å². The first-order valence-corrected chi connectivity index (χ1v) is 22.6. The van der Waals surface area contributed by atoms with Crippen molar-refractivity contribution in [1.29, 1.82) is 5.26 Å². The molecule has 0 atom stereocenters. The number of rotatable bonds is 13. The number of nitriles is 1. The Bertz CT molecular complexity index is 2630. The first kappa shape index (κ1) is 43.2. The zero-order valence-electron chi connectivity index (χ0n) is 34.8. The number of aromatic amines is 1. The average molecular weight is 882 g/mol. The van der Waals surface area contributed by atoms with Gasteiger partial charge in [-0.25, -0.2) is 22.5 Å². The summed E-state index contributed by atoms with van der Waals surface area (Å²) >= 11 is 6.24. The molecule has 0 radical (unpaired) electrons. The first-order chi connectivity index (χ1) is 29.8. The van der Waals surface area contributed by atoms with Crippen molar-refractivity contribution < 1.29 is 31.8 Å². The molecular weight excluding hydrogens is 833 g/mol. The fourth-order valence-corrected chi connectivity index (χ4v) is 9.30. The van der Waals surface area contributed by atoms with Crippen LogP contribution >= 0.6 is 11.6 Å². The highest BCUT2D eigenvalue weighted by Gasteiger charge is 2.30. The topological polar surface area (TPSA) is 153 Å². The zero-order chi connectivity index (χ0) is 43.4. The van der Waals surface area contributed by atoms with Gasteiger partial charge in [0.2, 0.25) is 5.88 Å². The minimum Gasteiger partial charge on any atom is -0.475 e. The van der Waals surface area contributed by atoms with E-state index in [0.717, 1.165) is 75.0 Å². The number of amides is 1. The van der Waals surface area contributed by atoms with Crippen molar-refractivity contribution in [3.63, 3.8) is 0 Å². The van der Waals surface area contributed by atoms with Gasteiger partial charge in [-0.05, 0) is 78.3 Å². The van der Waals surface area contributed by atoms with Crippen LogP contribution < -0.4 is 19.1 Å². The number of carbonyl (C=O) groups is 1. The van der Waals surface area contributed by atoms with Crippen LogP contribution in [0.1, 0.15) is 54.6 Å². The van der Waals surface area contributed by atoms with Crippen molar-refractivity contribution in [2.24, 2.45) is 5.41 Å². The van der Waals surface area contributed by atoms with Gasteiger partial charge in [0, 0.05) is 92.3 Å². The molecule has 324 valence electrons. The quantitative estimate of drug-likeness (QED) is 0.120. The standard InChI is InChI=1S/C46H49ClFN7O6S/c1-46(2)11-9-33(39(27-46)31-3-5-35(47)6-4-31)30-54-13-15-55(16-14-54)36-7-8-38(42(25-36)61-43-24-32-10-12-50-41(32)26-40(43)48)44(56)52-62(57,58)37-23-34(28-49)45(51-29-37)60-22-19-53-17-20-59-21-18-53/h3-8,10,12,23-26,29,50H,9,11,13-22,27,30H2,1-2H3,(H,52,56). The van der Waals surface area contributed by atoms with Crippen LogP contribution in [-0.2, 0) is 14.8 Å². The molecular formula is C46H49ClFN7O6S. The Morgan fingerprint density at radius 3 is 2.53 bits per heavy atom. The lowest BCUT2D eigenvalue weighted by molar-refractivity contribution is 0.0320. The smallest absolute Gasteiger partial charge is 0.268 e. The Balaban J connectivity index is 0.998. The van der Waals surface area contributed by atoms with Crippen LogP contribution in [0.5, 0.6) is 17.4 Å². The van der Waals surface area contributed by atoms with Gasteiger partial charge in [-0.15, -0.1) is 0 Å². The number of hydrogen-bond donors (Lipinski definition) is 2. The number of H-pyrrole nitrogens is 1. The normalized spacial score (nSPS) is 17.5. The van der Waals surface area contributed by atoms with Gasteiger partial charge < -0.3 is 24.1 Å². The van der Waals surface area contributed by atoms with Gasteiger partial charge in [0.15, 0.2) is 11.6 Å². The molecule has 3 aromatic carbocycles. The second kappa shape index (κ2) is 18.5. The number of ether oxygens (including phenoxy) is 3. The fraction of sp³-hybridized carbons (Fsp3) is 0.370. The molecule has 5 aromatic rings. The van der Waals surface area contributed by atoms with Crippen LogP contribution in [0.25, 0.3) is 16.5 Å². The van der Waals surface area contributed by atoms with E-state index in [9.17, 15) is 18.5 Å². The Morgan fingerprint density at radius 2 is 1.77 bits per heavy atom. The predicted octanol–water partition coefficient (Wildman–Crippen LogP) is 7.63. The number of pyridine rings is 1. The lowest BCUT2D eigenvalue weighted by Gasteiger charge is -2.39. The third-order valence-corrected chi connectivity index (χ3v) is 13.3. The van der Waals surface area contributed by atoms with Crippen molar-refractivity contribution in [3.8, 4) is 23.4 Å². The maximum atomic E-state index is 15.5. The highest BCUT2D eigenvalue weighted by atomic mass is 35.5. The zero-order valence-corrected chi connectivity index (χ0v) is 36.3. The van der Waals surface area contributed by atoms with Gasteiger partial charge in [-0.1, -0.05) is 43.2 Å². The van der Waals surface area contributed by atoms with Gasteiger partial charge in [-0.2, -0.15) is 5.26 Å². The van der Waals surface area contributed by atoms with E-state index in [0.29, 0.717) is 43.8 Å². The maximum absolute atomic E-state index is 15.5. The average Bonchev–Trinajstić information content (AvgIpc) is 3.72. The number of halogens is 2. The number of aromatic nitrogens is 2. The van der Waals surface area contributed by atoms with Crippen LogP contribution in [-0.4, -0.2) is 106 Å². The van der Waals surface area contributed by atoms with Crippen molar-refractivity contribution >= 4 is 49.7 Å². The van der Waals surface area contributed by atoms with E-state index >= 15 is 4.39 Å². The summed E-state index contributed by atoms with van der Waals surface area (Å²) in [5, 5.41) is 11.2. The number of sulfonamides is 1. The Hall–Kier alpha value is -5.50. The second-order valence-electron chi connectivity index (χ2n) is 16.7. The van der Waals surface area contributed by atoms with Crippen LogP contribution in [0.15, 0.2) is 89.6 Å². The molecule has 3 aliphatic rings. The summed E-state index contributed by atoms with van der Waals surface area (Å²) in [6, 6.07) is 20.6. The molecule has 2 N–H and O–H groups in total. The Kier molecular flexibility index (Phi) is 12.9. The molecule has 1 amide bonds. The predicted molar refractivity (Wildman–Crippen MR) is 236 cm³/mol. The van der Waals surface area contributed by atoms with Crippen molar-refractivity contribution in [2.45, 2.75) is 38.0 Å². The molecule has 62 heavy (non-hydrogen) atoms. The molecule has 0 spiro atoms. The Morgan fingerprint density at radius 1 is 1.00 bits per heavy atom. The molecule has 2 saturated heterocycles. The minimum atomic E-state index is -4.54. The van der Waals surface area contributed by atoms with Crippen molar-refractivity contribution in [1.82, 2.24) is 24.5 Å². The molecule has 0 bridgehead atoms. The van der Waals surface area contributed by atoms with Crippen LogP contribution in [0.2, 0.25) is 5.02 Å². The summed E-state index contributed by atoms with van der Waals surface area (Å²) in [5.74, 6) is -1.86. The molecule has 0 saturated carbocycles. The van der Waals surface area contributed by atoms with Crippen LogP contribution in [0.3, 0.4) is 0 Å². The second-order valence-corrected chi connectivity index (χ2v) is 18.8. The third kappa shape index (κ3) is 10.1. The van der Waals surface area contributed by atoms with Crippen LogP contribution in [0, 0.1) is 22.6 Å². The number of piperazine rings is 1. The molecule has 16 heteroatoms. The highest BCUT2D eigenvalue weighted by Crippen LogP contribution is 2.43. The number of carbonyl (C=O) groups excluding carboxylic acids is 1. The molecule has 13 nitrogen and oxygen atoms in total. The molecule has 2 aromatic heterocycles. The first-order valence-electron chi connectivity index (χ1n) is 20.8. The number of allylic oxidation sites excluding steroid dienone is 1. The molecule has 8 rings (SSSR count). The van der Waals surface area contributed by atoms with E-state index in [1.165, 1.54) is 34.9 Å². The van der Waals surface area contributed by atoms with Gasteiger partial charge in [0.25, 0.3) is 15.9 Å². The molecule has 2 aliphatic heterocycles. The van der Waals surface area contributed by atoms with E-state index < -0.39 is 26.6 Å². The monoisotopic (exact) mass is 881 g/mol. The summed E-state index contributed by atoms with van der Waals surface area (Å²) in [5.41, 5.74) is 5.33. The molecule has 4 heterocycles. The summed E-state index contributed by atoms with van der Waals surface area (Å²) in [6.45, 7) is 12.0. The van der Waals surface area contributed by atoms with E-state index in [-0.39, 0.29) is 40.5 Å². The van der Waals surface area contributed by atoms with Crippen molar-refractivity contribution in [2.75, 3.05) is 77.1 Å². The SMILES string of the molecule is CC1(C)CCC(CN2CCN(c3ccc(C(=O)NS(=O)(=O)c4cnc(OCCN5CCOCC5)c(C#N)c4)c(Oc4cc5cc[nH]c5cc4F)c3)CC2)=C(c2ccc(Cl)cc2)C1. The van der Waals surface area contributed by atoms with Crippen molar-refractivity contribution in [3.05, 3.63) is 112 Å². The summed E-state index contributed by atoms with van der Waals surface area (Å²) in [7, 11) is -4.54. The van der Waals surface area contributed by atoms with Gasteiger partial charge in [0.1, 0.15) is 28.9 Å². The van der Waals surface area contributed by atoms with Gasteiger partial charge in [-0.3, -0.25) is 14.6 Å². The minimum absolute atomic E-state index is 0.0163. The summed E-state index contributed by atoms with van der Waals surface area (Å²) in [4.78, 5) is 27.4. The van der Waals surface area contributed by atoms with E-state index in [2.05, 4.69) is 55.4 Å².